The highest BCUT2D eigenvalue weighted by Crippen LogP contribution is 2.32. The van der Waals surface area contributed by atoms with Gasteiger partial charge in [-0.15, -0.1) is 0 Å². The Balaban J connectivity index is 1.39. The summed E-state index contributed by atoms with van der Waals surface area (Å²) in [5.74, 6) is 1.95. The van der Waals surface area contributed by atoms with Crippen molar-refractivity contribution in [1.82, 2.24) is 10.6 Å². The van der Waals surface area contributed by atoms with E-state index in [0.717, 1.165) is 43.7 Å². The van der Waals surface area contributed by atoms with Gasteiger partial charge in [-0.2, -0.15) is 0 Å². The largest absolute Gasteiger partial charge is 0.490 e. The Morgan fingerprint density at radius 3 is 1.82 bits per heavy atom. The molecule has 1 fully saturated rings. The fraction of sp³-hybridized carbons (Fsp3) is 0.657. The summed E-state index contributed by atoms with van der Waals surface area (Å²) in [5, 5.41) is 7.65. The molecular weight excluding hydrogens is 480 g/mol. The third kappa shape index (κ3) is 10.1. The fourth-order valence-corrected chi connectivity index (χ4v) is 5.08. The molecule has 0 bridgehead atoms. The maximum Gasteiger partial charge on any atom is 0.120 e. The normalized spacial score (nSPS) is 19.4. The monoisotopic (exact) mass is 536 g/mol. The molecule has 2 N–H and O–H groups in total. The van der Waals surface area contributed by atoms with Gasteiger partial charge in [0, 0.05) is 23.7 Å². The standard InChI is InChI=1S/C35H56N2O2/c1-25(38-29-16-12-14-26(20-29)32(2,3)4)24-36-34(8,9)18-19-35(10,11)37-28-22-31(23-28)39-30-17-13-15-27(21-30)33(5,6)7/h12-17,20-21,25,28,31,36-37H,18-19,22-24H2,1-11H3/t25-,28-,31-/m0/s1. The van der Waals surface area contributed by atoms with E-state index in [1.165, 1.54) is 11.1 Å². The van der Waals surface area contributed by atoms with Crippen molar-refractivity contribution < 1.29 is 9.47 Å². The maximum absolute atomic E-state index is 6.30. The SMILES string of the molecule is C[C@@H](CNC(C)(C)CCC(C)(C)N[C@H]1C[C@H](Oc2cccc(C(C)(C)C)c2)C1)Oc1cccc(C(C)(C)C)c1. The number of ether oxygens (including phenoxy) is 2. The lowest BCUT2D eigenvalue weighted by Crippen LogP contribution is -2.55. The van der Waals surface area contributed by atoms with Crippen molar-refractivity contribution in [3.05, 3.63) is 59.7 Å². The predicted molar refractivity (Wildman–Crippen MR) is 166 cm³/mol. The molecule has 3 rings (SSSR count). The molecule has 0 aliphatic heterocycles. The zero-order chi connectivity index (χ0) is 29.1. The summed E-state index contributed by atoms with van der Waals surface area (Å²) in [7, 11) is 0. The van der Waals surface area contributed by atoms with Crippen LogP contribution in [0.5, 0.6) is 11.5 Å². The molecule has 1 aliphatic carbocycles. The van der Waals surface area contributed by atoms with Gasteiger partial charge in [0.15, 0.2) is 0 Å². The molecule has 0 saturated heterocycles. The molecule has 1 saturated carbocycles. The van der Waals surface area contributed by atoms with Gasteiger partial charge in [-0.05, 0) is 107 Å². The molecule has 218 valence electrons. The first-order valence-corrected chi connectivity index (χ1v) is 15.0. The number of hydrogen-bond acceptors (Lipinski definition) is 4. The van der Waals surface area contributed by atoms with E-state index in [4.69, 9.17) is 9.47 Å². The highest BCUT2D eigenvalue weighted by molar-refractivity contribution is 5.33. The molecule has 2 aromatic carbocycles. The van der Waals surface area contributed by atoms with E-state index < -0.39 is 0 Å². The minimum absolute atomic E-state index is 0.0349. The average Bonchev–Trinajstić information content (AvgIpc) is 2.80. The van der Waals surface area contributed by atoms with E-state index in [2.05, 4.69) is 135 Å². The van der Waals surface area contributed by atoms with Gasteiger partial charge in [-0.3, -0.25) is 0 Å². The molecule has 0 spiro atoms. The van der Waals surface area contributed by atoms with E-state index in [1.54, 1.807) is 0 Å². The second-order valence-electron chi connectivity index (χ2n) is 15.2. The molecule has 1 aliphatic rings. The number of hydrogen-bond donors (Lipinski definition) is 2. The fourth-order valence-electron chi connectivity index (χ4n) is 5.08. The first-order valence-electron chi connectivity index (χ1n) is 15.0. The Kier molecular flexibility index (Phi) is 9.87. The van der Waals surface area contributed by atoms with Gasteiger partial charge in [0.1, 0.15) is 23.7 Å². The van der Waals surface area contributed by atoms with Crippen LogP contribution < -0.4 is 20.1 Å². The van der Waals surface area contributed by atoms with Gasteiger partial charge in [0.25, 0.3) is 0 Å². The Hall–Kier alpha value is -2.04. The van der Waals surface area contributed by atoms with Gasteiger partial charge in [-0.1, -0.05) is 65.8 Å². The lowest BCUT2D eigenvalue weighted by molar-refractivity contribution is 0.0685. The van der Waals surface area contributed by atoms with Crippen LogP contribution in [0.1, 0.15) is 113 Å². The lowest BCUT2D eigenvalue weighted by atomic mass is 9.84. The Morgan fingerprint density at radius 2 is 1.26 bits per heavy atom. The molecule has 4 heteroatoms. The summed E-state index contributed by atoms with van der Waals surface area (Å²) in [5.41, 5.74) is 2.99. The van der Waals surface area contributed by atoms with E-state index >= 15 is 0 Å². The van der Waals surface area contributed by atoms with Crippen molar-refractivity contribution >= 4 is 0 Å². The Labute approximate surface area is 239 Å². The van der Waals surface area contributed by atoms with Gasteiger partial charge >= 0.3 is 0 Å². The van der Waals surface area contributed by atoms with Crippen molar-refractivity contribution in [3.63, 3.8) is 0 Å². The summed E-state index contributed by atoms with van der Waals surface area (Å²) < 4.78 is 12.6. The van der Waals surface area contributed by atoms with E-state index in [-0.39, 0.29) is 28.0 Å². The first kappa shape index (κ1) is 31.5. The summed E-state index contributed by atoms with van der Waals surface area (Å²) in [6.07, 6.45) is 4.72. The molecular formula is C35H56N2O2. The summed E-state index contributed by atoms with van der Waals surface area (Å²) in [6, 6.07) is 17.6. The van der Waals surface area contributed by atoms with E-state index in [1.807, 2.05) is 0 Å². The van der Waals surface area contributed by atoms with Crippen LogP contribution in [0.25, 0.3) is 0 Å². The molecule has 39 heavy (non-hydrogen) atoms. The van der Waals surface area contributed by atoms with Gasteiger partial charge in [0.2, 0.25) is 0 Å². The van der Waals surface area contributed by atoms with Crippen molar-refractivity contribution in [2.24, 2.45) is 0 Å². The Bertz CT molecular complexity index is 1050. The van der Waals surface area contributed by atoms with Crippen molar-refractivity contribution in [2.45, 2.75) is 142 Å². The summed E-state index contributed by atoms with van der Waals surface area (Å²) in [6.45, 7) is 25.7. The lowest BCUT2D eigenvalue weighted by Gasteiger charge is -2.42. The van der Waals surface area contributed by atoms with Crippen LogP contribution >= 0.6 is 0 Å². The number of benzene rings is 2. The van der Waals surface area contributed by atoms with Crippen molar-refractivity contribution in [3.8, 4) is 11.5 Å². The molecule has 1 atom stereocenters. The highest BCUT2D eigenvalue weighted by atomic mass is 16.5. The van der Waals surface area contributed by atoms with Crippen molar-refractivity contribution in [2.75, 3.05) is 6.54 Å². The summed E-state index contributed by atoms with van der Waals surface area (Å²) in [4.78, 5) is 0. The maximum atomic E-state index is 6.30. The molecule has 0 aromatic heterocycles. The minimum Gasteiger partial charge on any atom is -0.490 e. The Morgan fingerprint density at radius 1 is 0.744 bits per heavy atom. The second-order valence-corrected chi connectivity index (χ2v) is 15.2. The van der Waals surface area contributed by atoms with Crippen LogP contribution in [-0.4, -0.2) is 35.9 Å². The zero-order valence-electron chi connectivity index (χ0n) is 26.7. The molecule has 0 radical (unpaired) electrons. The smallest absolute Gasteiger partial charge is 0.120 e. The van der Waals surface area contributed by atoms with Crippen LogP contribution in [0.15, 0.2) is 48.5 Å². The van der Waals surface area contributed by atoms with Crippen LogP contribution in [0, 0.1) is 0 Å². The predicted octanol–water partition coefficient (Wildman–Crippen LogP) is 8.18. The quantitative estimate of drug-likeness (QED) is 0.287. The molecule has 0 heterocycles. The van der Waals surface area contributed by atoms with Crippen LogP contribution in [-0.2, 0) is 10.8 Å². The molecule has 2 aromatic rings. The second kappa shape index (κ2) is 12.2. The van der Waals surface area contributed by atoms with Crippen LogP contribution in [0.2, 0.25) is 0 Å². The first-order chi connectivity index (χ1) is 17.9. The molecule has 4 nitrogen and oxygen atoms in total. The van der Waals surface area contributed by atoms with Gasteiger partial charge in [-0.25, -0.2) is 0 Å². The zero-order valence-corrected chi connectivity index (χ0v) is 26.7. The third-order valence-electron chi connectivity index (χ3n) is 7.97. The molecule has 0 amide bonds. The summed E-state index contributed by atoms with van der Waals surface area (Å²) >= 11 is 0. The third-order valence-corrected chi connectivity index (χ3v) is 7.97. The van der Waals surface area contributed by atoms with Gasteiger partial charge in [0.05, 0.1) is 0 Å². The van der Waals surface area contributed by atoms with Crippen molar-refractivity contribution in [1.29, 1.82) is 0 Å². The van der Waals surface area contributed by atoms with Crippen LogP contribution in [0.4, 0.5) is 0 Å². The topological polar surface area (TPSA) is 42.5 Å². The highest BCUT2D eigenvalue weighted by Gasteiger charge is 2.35. The van der Waals surface area contributed by atoms with Gasteiger partial charge < -0.3 is 20.1 Å². The number of rotatable bonds is 12. The van der Waals surface area contributed by atoms with E-state index in [0.29, 0.717) is 12.1 Å². The average molecular weight is 537 g/mol. The van der Waals surface area contributed by atoms with E-state index in [9.17, 15) is 0 Å². The molecule has 0 unspecified atom stereocenters. The number of nitrogens with one attached hydrogen (secondary N) is 2. The van der Waals surface area contributed by atoms with Crippen LogP contribution in [0.3, 0.4) is 0 Å². The minimum atomic E-state index is 0.0349.